The lowest BCUT2D eigenvalue weighted by atomic mass is 9.78. The summed E-state index contributed by atoms with van der Waals surface area (Å²) < 4.78 is 79.7. The highest BCUT2D eigenvalue weighted by atomic mass is 19.4. The summed E-state index contributed by atoms with van der Waals surface area (Å²) in [7, 11) is 0. The third kappa shape index (κ3) is 4.37. The van der Waals surface area contributed by atoms with Crippen molar-refractivity contribution in [3.05, 3.63) is 58.8 Å². The summed E-state index contributed by atoms with van der Waals surface area (Å²) >= 11 is 0. The molecule has 1 aromatic rings. The first kappa shape index (κ1) is 23.4. The van der Waals surface area contributed by atoms with E-state index in [4.69, 9.17) is 0 Å². The van der Waals surface area contributed by atoms with Gasteiger partial charge in [0.2, 0.25) is 5.91 Å². The molecule has 0 spiro atoms. The predicted octanol–water partition coefficient (Wildman–Crippen LogP) is 5.24. The van der Waals surface area contributed by atoms with Crippen LogP contribution in [0, 0.1) is 12.8 Å². The number of aryl methyl sites for hydroxylation is 1. The van der Waals surface area contributed by atoms with Gasteiger partial charge in [0.25, 0.3) is 5.60 Å². The molecule has 3 nitrogen and oxygen atoms in total. The molecule has 1 aliphatic carbocycles. The van der Waals surface area contributed by atoms with Gasteiger partial charge in [-0.1, -0.05) is 36.4 Å². The zero-order valence-electron chi connectivity index (χ0n) is 16.9. The van der Waals surface area contributed by atoms with Crippen molar-refractivity contribution in [3.8, 4) is 0 Å². The van der Waals surface area contributed by atoms with Gasteiger partial charge in [-0.05, 0) is 49.3 Å². The molecular formula is C22H23F6NO2. The van der Waals surface area contributed by atoms with Gasteiger partial charge in [0.15, 0.2) is 0 Å². The second-order valence-electron chi connectivity index (χ2n) is 7.99. The van der Waals surface area contributed by atoms with Crippen molar-refractivity contribution in [1.29, 1.82) is 0 Å². The summed E-state index contributed by atoms with van der Waals surface area (Å²) in [5.41, 5.74) is -2.55. The maximum absolute atomic E-state index is 13.3. The fraction of sp³-hybridized carbons (Fsp3) is 0.500. The van der Waals surface area contributed by atoms with E-state index >= 15 is 0 Å². The number of carbonyl (C=O) groups is 1. The van der Waals surface area contributed by atoms with Gasteiger partial charge in [0.05, 0.1) is 6.42 Å². The Kier molecular flexibility index (Phi) is 6.28. The van der Waals surface area contributed by atoms with Gasteiger partial charge in [-0.15, -0.1) is 0 Å². The van der Waals surface area contributed by atoms with E-state index in [1.165, 1.54) is 11.0 Å². The van der Waals surface area contributed by atoms with Crippen LogP contribution in [0.2, 0.25) is 0 Å². The standard InChI is InChI=1S/C22H23F6NO2/c1-14-6-2-3-7-15(14)13-19(30)29-11-5-4-8-16-12-17(9-10-18(16)29)20(31,21(23,24)25)22(26,27)28/h2-3,6-7,10,12,17,31H,4-5,8-9,11,13H2,1H3. The zero-order chi connectivity index (χ0) is 23.0. The molecule has 31 heavy (non-hydrogen) atoms. The first-order valence-electron chi connectivity index (χ1n) is 9.98. The summed E-state index contributed by atoms with van der Waals surface area (Å²) in [6.07, 6.45) is -8.96. The summed E-state index contributed by atoms with van der Waals surface area (Å²) in [5.74, 6) is -2.48. The number of likely N-dealkylation sites (tertiary alicyclic amines) is 1. The molecule has 1 fully saturated rings. The van der Waals surface area contributed by atoms with Crippen LogP contribution in [0.4, 0.5) is 26.3 Å². The van der Waals surface area contributed by atoms with Crippen molar-refractivity contribution in [2.75, 3.05) is 6.54 Å². The lowest BCUT2D eigenvalue weighted by Gasteiger charge is -2.39. The average Bonchev–Trinajstić information content (AvgIpc) is 2.89. The lowest BCUT2D eigenvalue weighted by Crippen LogP contribution is -2.61. The number of aliphatic hydroxyl groups is 1. The molecule has 1 amide bonds. The second kappa shape index (κ2) is 8.33. The molecule has 1 aliphatic heterocycles. The van der Waals surface area contributed by atoms with Crippen LogP contribution in [0.1, 0.15) is 36.8 Å². The van der Waals surface area contributed by atoms with Crippen molar-refractivity contribution >= 4 is 5.91 Å². The molecule has 2 aliphatic rings. The zero-order valence-corrected chi connectivity index (χ0v) is 16.9. The maximum atomic E-state index is 13.3. The molecule has 0 saturated carbocycles. The number of rotatable bonds is 3. The van der Waals surface area contributed by atoms with Gasteiger partial charge in [0, 0.05) is 18.2 Å². The van der Waals surface area contributed by atoms with Gasteiger partial charge < -0.3 is 10.0 Å². The van der Waals surface area contributed by atoms with Crippen LogP contribution >= 0.6 is 0 Å². The highest BCUT2D eigenvalue weighted by Gasteiger charge is 2.73. The number of benzene rings is 1. The summed E-state index contributed by atoms with van der Waals surface area (Å²) in [6, 6.07) is 7.29. The van der Waals surface area contributed by atoms with Crippen LogP contribution < -0.4 is 0 Å². The van der Waals surface area contributed by atoms with Gasteiger partial charge in [0.1, 0.15) is 0 Å². The van der Waals surface area contributed by atoms with Crippen molar-refractivity contribution in [2.24, 2.45) is 5.92 Å². The molecular weight excluding hydrogens is 424 g/mol. The number of hydrogen-bond donors (Lipinski definition) is 1. The van der Waals surface area contributed by atoms with Gasteiger partial charge >= 0.3 is 12.4 Å². The van der Waals surface area contributed by atoms with Gasteiger partial charge in [-0.3, -0.25) is 4.79 Å². The van der Waals surface area contributed by atoms with Gasteiger partial charge in [-0.25, -0.2) is 0 Å². The van der Waals surface area contributed by atoms with Crippen LogP contribution in [0.25, 0.3) is 0 Å². The number of nitrogens with zero attached hydrogens (tertiary/aromatic N) is 1. The van der Waals surface area contributed by atoms with E-state index in [9.17, 15) is 36.2 Å². The van der Waals surface area contributed by atoms with E-state index in [1.807, 2.05) is 19.1 Å². The molecule has 0 aromatic heterocycles. The molecule has 0 bridgehead atoms. The van der Waals surface area contributed by atoms with Crippen molar-refractivity contribution in [3.63, 3.8) is 0 Å². The summed E-state index contributed by atoms with van der Waals surface area (Å²) in [4.78, 5) is 14.4. The van der Waals surface area contributed by atoms with Gasteiger partial charge in [-0.2, -0.15) is 26.3 Å². The molecule has 1 heterocycles. The monoisotopic (exact) mass is 447 g/mol. The van der Waals surface area contributed by atoms with E-state index in [1.54, 1.807) is 12.1 Å². The van der Waals surface area contributed by atoms with Crippen LogP contribution in [-0.2, 0) is 11.2 Å². The molecule has 1 saturated heterocycles. The molecule has 1 N–H and O–H groups in total. The Morgan fingerprint density at radius 3 is 2.35 bits per heavy atom. The Morgan fingerprint density at radius 2 is 1.74 bits per heavy atom. The molecule has 1 aromatic carbocycles. The third-order valence-corrected chi connectivity index (χ3v) is 5.97. The highest BCUT2D eigenvalue weighted by Crippen LogP contribution is 2.51. The topological polar surface area (TPSA) is 40.5 Å². The van der Waals surface area contributed by atoms with Crippen molar-refractivity contribution in [2.45, 2.75) is 57.0 Å². The number of halogens is 6. The Bertz CT molecular complexity index is 886. The SMILES string of the molecule is Cc1ccccc1CC(=O)N1CCCCC2=CC(C(O)(C(F)(F)F)C(F)(F)F)CC=C21. The smallest absolute Gasteiger partial charge is 0.373 e. The fourth-order valence-corrected chi connectivity index (χ4v) is 4.16. The van der Waals surface area contributed by atoms with E-state index < -0.39 is 30.3 Å². The third-order valence-electron chi connectivity index (χ3n) is 5.97. The normalized spacial score (nSPS) is 20.5. The number of carbonyl (C=O) groups excluding carboxylic acids is 1. The molecule has 1 unspecified atom stereocenters. The highest BCUT2D eigenvalue weighted by molar-refractivity contribution is 5.82. The first-order chi connectivity index (χ1) is 14.4. The van der Waals surface area contributed by atoms with Crippen molar-refractivity contribution in [1.82, 2.24) is 4.90 Å². The predicted molar refractivity (Wildman–Crippen MR) is 102 cm³/mol. The summed E-state index contributed by atoms with van der Waals surface area (Å²) in [6.45, 7) is 2.19. The summed E-state index contributed by atoms with van der Waals surface area (Å²) in [5, 5.41) is 9.77. The van der Waals surface area contributed by atoms with E-state index in [2.05, 4.69) is 0 Å². The minimum atomic E-state index is -5.89. The molecule has 0 radical (unpaired) electrons. The minimum Gasteiger partial charge on any atom is -0.373 e. The Hall–Kier alpha value is -2.29. The van der Waals surface area contributed by atoms with E-state index in [0.29, 0.717) is 25.1 Å². The Labute approximate surface area is 176 Å². The molecule has 170 valence electrons. The van der Waals surface area contributed by atoms with Crippen LogP contribution in [0.5, 0.6) is 0 Å². The van der Waals surface area contributed by atoms with E-state index in [0.717, 1.165) is 17.2 Å². The maximum Gasteiger partial charge on any atom is 0.426 e. The lowest BCUT2D eigenvalue weighted by molar-refractivity contribution is -0.380. The number of alkyl halides is 6. The second-order valence-corrected chi connectivity index (χ2v) is 7.99. The Balaban J connectivity index is 1.91. The number of fused-ring (bicyclic) bond motifs is 1. The average molecular weight is 447 g/mol. The number of amides is 1. The quantitative estimate of drug-likeness (QED) is 0.645. The van der Waals surface area contributed by atoms with Crippen molar-refractivity contribution < 1.29 is 36.2 Å². The first-order valence-corrected chi connectivity index (χ1v) is 9.98. The van der Waals surface area contributed by atoms with Crippen LogP contribution in [0.3, 0.4) is 0 Å². The molecule has 9 heteroatoms. The minimum absolute atomic E-state index is 0.0791. The largest absolute Gasteiger partial charge is 0.426 e. The fourth-order valence-electron chi connectivity index (χ4n) is 4.16. The Morgan fingerprint density at radius 1 is 1.10 bits per heavy atom. The molecule has 1 atom stereocenters. The van der Waals surface area contributed by atoms with E-state index in [-0.39, 0.29) is 24.3 Å². The van der Waals surface area contributed by atoms with Crippen LogP contribution in [0.15, 0.2) is 47.7 Å². The number of allylic oxidation sites excluding steroid dienone is 2. The number of hydrogen-bond acceptors (Lipinski definition) is 2. The molecule has 3 rings (SSSR count). The van der Waals surface area contributed by atoms with Crippen LogP contribution in [-0.4, -0.2) is 40.4 Å².